The number of sulfonamides is 1. The fraction of sp³-hybridized carbons (Fsp3) is 0.0625. The summed E-state index contributed by atoms with van der Waals surface area (Å²) in [6.45, 7) is 0. The molecule has 0 radical (unpaired) electrons. The van der Waals surface area contributed by atoms with Gasteiger partial charge in [-0.3, -0.25) is 14.8 Å². The number of aromatic nitrogens is 2. The van der Waals surface area contributed by atoms with Crippen LogP contribution in [0, 0.1) is 0 Å². The number of hydrogen-bond acceptors (Lipinski definition) is 6. The molecule has 0 fully saturated rings. The Labute approximate surface area is 166 Å². The van der Waals surface area contributed by atoms with E-state index in [0.29, 0.717) is 5.02 Å². The van der Waals surface area contributed by atoms with Crippen LogP contribution in [0.15, 0.2) is 57.8 Å². The first-order valence-electron chi connectivity index (χ1n) is 7.65. The zero-order chi connectivity index (χ0) is 21.2. The monoisotopic (exact) mass is 446 g/mol. The molecule has 0 aliphatic heterocycles. The minimum Gasteiger partial charge on any atom is -0.399 e. The molecule has 0 bridgehead atoms. The average molecular weight is 447 g/mol. The fourth-order valence-corrected chi connectivity index (χ4v) is 3.32. The molecule has 29 heavy (non-hydrogen) atoms. The molecule has 3 rings (SSSR count). The SMILES string of the molecule is O=C(Nc1nnc(C(F)(F)F)o1)c1cccc(S(=O)(=O)Nc2ccc(Cl)cc2)c1. The molecule has 1 amide bonds. The van der Waals surface area contributed by atoms with Crippen LogP contribution in [0.3, 0.4) is 0 Å². The summed E-state index contributed by atoms with van der Waals surface area (Å²) >= 11 is 5.75. The van der Waals surface area contributed by atoms with Crippen molar-refractivity contribution in [1.82, 2.24) is 10.2 Å². The number of halogens is 4. The van der Waals surface area contributed by atoms with Crippen molar-refractivity contribution in [2.75, 3.05) is 10.0 Å². The van der Waals surface area contributed by atoms with Crippen LogP contribution in [0.2, 0.25) is 5.02 Å². The highest BCUT2D eigenvalue weighted by Gasteiger charge is 2.38. The lowest BCUT2D eigenvalue weighted by molar-refractivity contribution is -0.156. The maximum absolute atomic E-state index is 12.5. The van der Waals surface area contributed by atoms with Crippen molar-refractivity contribution in [3.63, 3.8) is 0 Å². The number of benzene rings is 2. The van der Waals surface area contributed by atoms with Crippen LogP contribution in [-0.4, -0.2) is 24.5 Å². The molecule has 0 saturated heterocycles. The molecular weight excluding hydrogens is 437 g/mol. The van der Waals surface area contributed by atoms with E-state index >= 15 is 0 Å². The summed E-state index contributed by atoms with van der Waals surface area (Å²) in [7, 11) is -4.04. The van der Waals surface area contributed by atoms with Crippen molar-refractivity contribution in [3.05, 3.63) is 65.0 Å². The Morgan fingerprint density at radius 3 is 2.38 bits per heavy atom. The molecule has 0 saturated carbocycles. The molecule has 0 atom stereocenters. The van der Waals surface area contributed by atoms with E-state index in [1.54, 1.807) is 0 Å². The zero-order valence-corrected chi connectivity index (χ0v) is 15.6. The number of carbonyl (C=O) groups excluding carboxylic acids is 1. The van der Waals surface area contributed by atoms with Gasteiger partial charge in [-0.15, -0.1) is 5.10 Å². The number of rotatable bonds is 5. The topological polar surface area (TPSA) is 114 Å². The fourth-order valence-electron chi connectivity index (χ4n) is 2.09. The Kier molecular flexibility index (Phi) is 5.48. The Bertz CT molecular complexity index is 1150. The van der Waals surface area contributed by atoms with Crippen molar-refractivity contribution in [2.45, 2.75) is 11.1 Å². The van der Waals surface area contributed by atoms with Crippen LogP contribution in [-0.2, 0) is 16.2 Å². The van der Waals surface area contributed by atoms with Gasteiger partial charge in [0.05, 0.1) is 4.90 Å². The van der Waals surface area contributed by atoms with Crippen molar-refractivity contribution in [3.8, 4) is 0 Å². The first kappa shape index (κ1) is 20.6. The zero-order valence-electron chi connectivity index (χ0n) is 14.1. The number of nitrogens with zero attached hydrogens (tertiary/aromatic N) is 2. The van der Waals surface area contributed by atoms with E-state index in [1.807, 2.05) is 5.32 Å². The molecule has 8 nitrogen and oxygen atoms in total. The highest BCUT2D eigenvalue weighted by molar-refractivity contribution is 7.92. The van der Waals surface area contributed by atoms with Crippen molar-refractivity contribution in [2.24, 2.45) is 0 Å². The van der Waals surface area contributed by atoms with Gasteiger partial charge in [0.1, 0.15) is 0 Å². The van der Waals surface area contributed by atoms with E-state index in [4.69, 9.17) is 11.6 Å². The normalized spacial score (nSPS) is 11.9. The van der Waals surface area contributed by atoms with Gasteiger partial charge >= 0.3 is 18.1 Å². The summed E-state index contributed by atoms with van der Waals surface area (Å²) < 4.78 is 69.0. The summed E-state index contributed by atoms with van der Waals surface area (Å²) in [6.07, 6.45) is -4.86. The number of amides is 1. The summed E-state index contributed by atoms with van der Waals surface area (Å²) in [5.74, 6) is -2.57. The number of nitrogens with one attached hydrogen (secondary N) is 2. The summed E-state index contributed by atoms with van der Waals surface area (Å²) in [6, 6.07) is 9.92. The molecule has 0 aliphatic carbocycles. The third kappa shape index (κ3) is 5.03. The van der Waals surface area contributed by atoms with Crippen LogP contribution in [0.5, 0.6) is 0 Å². The van der Waals surface area contributed by atoms with Crippen molar-refractivity contribution >= 4 is 39.2 Å². The molecule has 0 aliphatic rings. The summed E-state index contributed by atoms with van der Waals surface area (Å²) in [5, 5.41) is 8.24. The van der Waals surface area contributed by atoms with Crippen LogP contribution in [0.1, 0.15) is 16.2 Å². The van der Waals surface area contributed by atoms with E-state index in [2.05, 4.69) is 19.3 Å². The van der Waals surface area contributed by atoms with Gasteiger partial charge in [-0.25, -0.2) is 8.42 Å². The highest BCUT2D eigenvalue weighted by Crippen LogP contribution is 2.28. The molecule has 2 aromatic carbocycles. The molecule has 2 N–H and O–H groups in total. The van der Waals surface area contributed by atoms with Gasteiger partial charge in [0.25, 0.3) is 15.9 Å². The number of anilines is 2. The number of hydrogen-bond donors (Lipinski definition) is 2. The second kappa shape index (κ2) is 7.72. The lowest BCUT2D eigenvalue weighted by Crippen LogP contribution is -2.16. The van der Waals surface area contributed by atoms with Gasteiger partial charge in [0, 0.05) is 16.3 Å². The van der Waals surface area contributed by atoms with E-state index < -0.39 is 34.0 Å². The highest BCUT2D eigenvalue weighted by atomic mass is 35.5. The maximum Gasteiger partial charge on any atom is 0.470 e. The van der Waals surface area contributed by atoms with E-state index in [-0.39, 0.29) is 16.1 Å². The largest absolute Gasteiger partial charge is 0.470 e. The second-order valence-electron chi connectivity index (χ2n) is 5.50. The lowest BCUT2D eigenvalue weighted by atomic mass is 10.2. The van der Waals surface area contributed by atoms with Gasteiger partial charge in [-0.05, 0) is 42.5 Å². The minimum absolute atomic E-state index is 0.157. The molecule has 13 heteroatoms. The van der Waals surface area contributed by atoms with Crippen LogP contribution >= 0.6 is 11.6 Å². The van der Waals surface area contributed by atoms with Crippen molar-refractivity contribution in [1.29, 1.82) is 0 Å². The van der Waals surface area contributed by atoms with Gasteiger partial charge in [-0.1, -0.05) is 22.8 Å². The predicted molar refractivity (Wildman–Crippen MR) is 96.0 cm³/mol. The molecule has 0 unspecified atom stereocenters. The smallest absolute Gasteiger partial charge is 0.399 e. The van der Waals surface area contributed by atoms with E-state index in [1.165, 1.54) is 42.5 Å². The molecule has 1 heterocycles. The molecule has 3 aromatic rings. The standard InChI is InChI=1S/C16H10ClF3N4O4S/c17-10-4-6-11(7-5-10)24-29(26,27)12-3-1-2-9(8-12)13(25)21-15-23-22-14(28-15)16(18,19)20/h1-8,24H,(H,21,23,25). The number of alkyl halides is 3. The van der Waals surface area contributed by atoms with Gasteiger partial charge in [0.2, 0.25) is 0 Å². The molecule has 1 aromatic heterocycles. The summed E-state index contributed by atoms with van der Waals surface area (Å²) in [5.41, 5.74) is 0.0885. The second-order valence-corrected chi connectivity index (χ2v) is 7.62. The third-order valence-electron chi connectivity index (χ3n) is 3.39. The predicted octanol–water partition coefficient (Wildman–Crippen LogP) is 3.79. The first-order chi connectivity index (χ1) is 13.5. The van der Waals surface area contributed by atoms with Gasteiger partial charge in [0.15, 0.2) is 0 Å². The minimum atomic E-state index is -4.86. The lowest BCUT2D eigenvalue weighted by Gasteiger charge is -2.09. The number of carbonyl (C=O) groups is 1. The average Bonchev–Trinajstić information content (AvgIpc) is 3.12. The molecule has 152 valence electrons. The van der Waals surface area contributed by atoms with Crippen LogP contribution < -0.4 is 10.0 Å². The van der Waals surface area contributed by atoms with Crippen LogP contribution in [0.4, 0.5) is 24.9 Å². The maximum atomic E-state index is 12.5. The Hall–Kier alpha value is -3.12. The van der Waals surface area contributed by atoms with E-state index in [0.717, 1.165) is 6.07 Å². The first-order valence-corrected chi connectivity index (χ1v) is 9.51. The van der Waals surface area contributed by atoms with Crippen molar-refractivity contribution < 1.29 is 30.8 Å². The van der Waals surface area contributed by atoms with Gasteiger partial charge < -0.3 is 4.42 Å². The Morgan fingerprint density at radius 1 is 1.07 bits per heavy atom. The quantitative estimate of drug-likeness (QED) is 0.616. The third-order valence-corrected chi connectivity index (χ3v) is 5.02. The Balaban J connectivity index is 1.78. The molecular formula is C16H10ClF3N4O4S. The Morgan fingerprint density at radius 2 is 1.76 bits per heavy atom. The summed E-state index contributed by atoms with van der Waals surface area (Å²) in [4.78, 5) is 11.9. The van der Waals surface area contributed by atoms with Crippen LogP contribution in [0.25, 0.3) is 0 Å². The van der Waals surface area contributed by atoms with E-state index in [9.17, 15) is 26.4 Å². The van der Waals surface area contributed by atoms with Gasteiger partial charge in [-0.2, -0.15) is 13.2 Å². The molecule has 0 spiro atoms.